The van der Waals surface area contributed by atoms with Crippen LogP contribution in [0, 0.1) is 6.92 Å². The monoisotopic (exact) mass is 349 g/mol. The first-order valence-corrected chi connectivity index (χ1v) is 8.52. The molecule has 0 aliphatic carbocycles. The van der Waals surface area contributed by atoms with Crippen molar-refractivity contribution >= 4 is 5.91 Å². The normalized spacial score (nSPS) is 13.3. The van der Waals surface area contributed by atoms with Crippen LogP contribution in [-0.4, -0.2) is 38.1 Å². The second kappa shape index (κ2) is 7.01. The predicted molar refractivity (Wildman–Crippen MR) is 95.2 cm³/mol. The Balaban J connectivity index is 1.58. The Morgan fingerprint density at radius 2 is 2.19 bits per heavy atom. The third kappa shape index (κ3) is 3.06. The lowest BCUT2D eigenvalue weighted by molar-refractivity contribution is 0.0951. The van der Waals surface area contributed by atoms with Gasteiger partial charge in [0, 0.05) is 30.5 Å². The standard InChI is InChI=1S/C18H19N7O/c1-11-16(13-6-7-19-8-12(13)9-20-11)10-21-18(26)15-5-3-2-4-14(15)17-22-24-25-23-17/h2-5,9,19H,6-8,10H2,1H3,(H,21,26)(H,22,23,24,25). The molecule has 0 fully saturated rings. The van der Waals surface area contributed by atoms with Gasteiger partial charge in [-0.3, -0.25) is 9.78 Å². The molecule has 2 aromatic heterocycles. The van der Waals surface area contributed by atoms with E-state index in [1.54, 1.807) is 6.07 Å². The maximum atomic E-state index is 12.8. The Hall–Kier alpha value is -3.13. The van der Waals surface area contributed by atoms with Gasteiger partial charge in [0.05, 0.1) is 5.56 Å². The van der Waals surface area contributed by atoms with Crippen LogP contribution in [0.25, 0.3) is 11.4 Å². The average molecular weight is 349 g/mol. The van der Waals surface area contributed by atoms with Gasteiger partial charge in [-0.15, -0.1) is 10.2 Å². The zero-order chi connectivity index (χ0) is 17.9. The number of carbonyl (C=O) groups excluding carboxylic acids is 1. The Labute approximate surface area is 150 Å². The van der Waals surface area contributed by atoms with Crippen molar-refractivity contribution in [3.8, 4) is 11.4 Å². The summed E-state index contributed by atoms with van der Waals surface area (Å²) in [5, 5.41) is 20.3. The number of hydrogen-bond donors (Lipinski definition) is 3. The Bertz CT molecular complexity index is 937. The molecule has 0 saturated heterocycles. The van der Waals surface area contributed by atoms with E-state index >= 15 is 0 Å². The van der Waals surface area contributed by atoms with E-state index in [0.29, 0.717) is 23.5 Å². The number of aromatic amines is 1. The summed E-state index contributed by atoms with van der Waals surface area (Å²) in [6.07, 6.45) is 2.87. The van der Waals surface area contributed by atoms with Gasteiger partial charge in [0.1, 0.15) is 0 Å². The molecular weight excluding hydrogens is 330 g/mol. The molecule has 1 amide bonds. The molecule has 8 nitrogen and oxygen atoms in total. The van der Waals surface area contributed by atoms with Gasteiger partial charge < -0.3 is 10.6 Å². The lowest BCUT2D eigenvalue weighted by atomic mass is 9.96. The van der Waals surface area contributed by atoms with Crippen LogP contribution in [0.1, 0.15) is 32.7 Å². The largest absolute Gasteiger partial charge is 0.348 e. The van der Waals surface area contributed by atoms with E-state index < -0.39 is 0 Å². The number of nitrogens with one attached hydrogen (secondary N) is 3. The quantitative estimate of drug-likeness (QED) is 0.652. The van der Waals surface area contributed by atoms with E-state index in [2.05, 4.69) is 36.2 Å². The summed E-state index contributed by atoms with van der Waals surface area (Å²) in [7, 11) is 0. The lowest BCUT2D eigenvalue weighted by Gasteiger charge is -2.21. The highest BCUT2D eigenvalue weighted by molar-refractivity contribution is 6.00. The zero-order valence-electron chi connectivity index (χ0n) is 14.4. The van der Waals surface area contributed by atoms with Crippen LogP contribution in [0.4, 0.5) is 0 Å². The van der Waals surface area contributed by atoms with Crippen molar-refractivity contribution in [1.82, 2.24) is 36.2 Å². The highest BCUT2D eigenvalue weighted by Crippen LogP contribution is 2.22. The number of aryl methyl sites for hydroxylation is 1. The van der Waals surface area contributed by atoms with Crippen molar-refractivity contribution in [2.75, 3.05) is 6.54 Å². The number of benzene rings is 1. The summed E-state index contributed by atoms with van der Waals surface area (Å²) in [5.41, 5.74) is 5.73. The molecule has 0 bridgehead atoms. The second-order valence-corrected chi connectivity index (χ2v) is 6.22. The summed E-state index contributed by atoms with van der Waals surface area (Å²) >= 11 is 0. The van der Waals surface area contributed by atoms with Gasteiger partial charge in [0.15, 0.2) is 0 Å². The molecule has 1 aliphatic heterocycles. The number of H-pyrrole nitrogens is 1. The summed E-state index contributed by atoms with van der Waals surface area (Å²) in [6, 6.07) is 7.23. The van der Waals surface area contributed by atoms with Crippen LogP contribution in [-0.2, 0) is 19.5 Å². The van der Waals surface area contributed by atoms with Crippen molar-refractivity contribution in [3.63, 3.8) is 0 Å². The number of hydrogen-bond acceptors (Lipinski definition) is 6. The Kier molecular flexibility index (Phi) is 4.40. The second-order valence-electron chi connectivity index (χ2n) is 6.22. The molecule has 0 spiro atoms. The van der Waals surface area contributed by atoms with Crippen molar-refractivity contribution in [3.05, 3.63) is 58.4 Å². The first kappa shape index (κ1) is 16.3. The number of amides is 1. The topological polar surface area (TPSA) is 108 Å². The van der Waals surface area contributed by atoms with Crippen LogP contribution in [0.3, 0.4) is 0 Å². The molecule has 0 atom stereocenters. The minimum atomic E-state index is -0.170. The minimum Gasteiger partial charge on any atom is -0.348 e. The van der Waals surface area contributed by atoms with E-state index in [0.717, 1.165) is 30.8 Å². The maximum Gasteiger partial charge on any atom is 0.252 e. The van der Waals surface area contributed by atoms with Crippen molar-refractivity contribution in [1.29, 1.82) is 0 Å². The fourth-order valence-corrected chi connectivity index (χ4v) is 3.29. The molecule has 8 heteroatoms. The maximum absolute atomic E-state index is 12.8. The SMILES string of the molecule is Cc1ncc2c(c1CNC(=O)c1ccccc1-c1nn[nH]n1)CCNC2. The summed E-state index contributed by atoms with van der Waals surface area (Å²) in [6.45, 7) is 4.20. The fourth-order valence-electron chi connectivity index (χ4n) is 3.29. The van der Waals surface area contributed by atoms with Crippen LogP contribution in [0.5, 0.6) is 0 Å². The van der Waals surface area contributed by atoms with E-state index in [1.165, 1.54) is 11.1 Å². The molecule has 4 rings (SSSR count). The number of fused-ring (bicyclic) bond motifs is 1. The van der Waals surface area contributed by atoms with Crippen LogP contribution in [0.2, 0.25) is 0 Å². The summed E-state index contributed by atoms with van der Waals surface area (Å²) in [4.78, 5) is 17.3. The number of tetrazole rings is 1. The molecule has 26 heavy (non-hydrogen) atoms. The molecule has 1 aliphatic rings. The zero-order valence-corrected chi connectivity index (χ0v) is 14.4. The van der Waals surface area contributed by atoms with E-state index in [9.17, 15) is 4.79 Å². The van der Waals surface area contributed by atoms with E-state index in [4.69, 9.17) is 0 Å². The smallest absolute Gasteiger partial charge is 0.252 e. The van der Waals surface area contributed by atoms with Gasteiger partial charge in [0.25, 0.3) is 5.91 Å². The van der Waals surface area contributed by atoms with Gasteiger partial charge in [-0.1, -0.05) is 18.2 Å². The average Bonchev–Trinajstić information content (AvgIpc) is 3.21. The molecule has 1 aromatic carbocycles. The number of nitrogens with zero attached hydrogens (tertiary/aromatic N) is 4. The molecular formula is C18H19N7O. The highest BCUT2D eigenvalue weighted by Gasteiger charge is 2.18. The van der Waals surface area contributed by atoms with Gasteiger partial charge in [-0.25, -0.2) is 0 Å². The van der Waals surface area contributed by atoms with Gasteiger partial charge in [-0.2, -0.15) is 5.21 Å². The fraction of sp³-hybridized carbons (Fsp3) is 0.278. The molecule has 3 N–H and O–H groups in total. The molecule has 132 valence electrons. The Morgan fingerprint density at radius 1 is 1.31 bits per heavy atom. The third-order valence-electron chi connectivity index (χ3n) is 4.65. The summed E-state index contributed by atoms with van der Waals surface area (Å²) in [5.74, 6) is 0.230. The molecule has 0 saturated carbocycles. The van der Waals surface area contributed by atoms with Crippen LogP contribution >= 0.6 is 0 Å². The van der Waals surface area contributed by atoms with Crippen LogP contribution < -0.4 is 10.6 Å². The molecule has 3 heterocycles. The molecule has 3 aromatic rings. The number of pyridine rings is 1. The van der Waals surface area contributed by atoms with Gasteiger partial charge >= 0.3 is 0 Å². The van der Waals surface area contributed by atoms with Crippen molar-refractivity contribution < 1.29 is 4.79 Å². The van der Waals surface area contributed by atoms with E-state index in [1.807, 2.05) is 31.3 Å². The van der Waals surface area contributed by atoms with Gasteiger partial charge in [0.2, 0.25) is 5.82 Å². The molecule has 0 unspecified atom stereocenters. The Morgan fingerprint density at radius 3 is 3.04 bits per heavy atom. The third-order valence-corrected chi connectivity index (χ3v) is 4.65. The first-order valence-electron chi connectivity index (χ1n) is 8.52. The van der Waals surface area contributed by atoms with E-state index in [-0.39, 0.29) is 5.91 Å². The minimum absolute atomic E-state index is 0.170. The van der Waals surface area contributed by atoms with Gasteiger partial charge in [-0.05, 0) is 47.9 Å². The number of carbonyl (C=O) groups is 1. The van der Waals surface area contributed by atoms with Crippen LogP contribution in [0.15, 0.2) is 30.5 Å². The predicted octanol–water partition coefficient (Wildman–Crippen LogP) is 1.15. The summed E-state index contributed by atoms with van der Waals surface area (Å²) < 4.78 is 0. The van der Waals surface area contributed by atoms with Crippen molar-refractivity contribution in [2.24, 2.45) is 0 Å². The highest BCUT2D eigenvalue weighted by atomic mass is 16.1. The van der Waals surface area contributed by atoms with Crippen molar-refractivity contribution in [2.45, 2.75) is 26.4 Å². The first-order chi connectivity index (χ1) is 12.7. The molecule has 0 radical (unpaired) electrons. The lowest BCUT2D eigenvalue weighted by Crippen LogP contribution is -2.29. The number of rotatable bonds is 4. The number of aromatic nitrogens is 5.